The average Bonchev–Trinajstić information content (AvgIpc) is 2.60. The van der Waals surface area contributed by atoms with Gasteiger partial charge in [-0.25, -0.2) is 0 Å². The fourth-order valence-corrected chi connectivity index (χ4v) is 2.82. The first kappa shape index (κ1) is 16.5. The van der Waals surface area contributed by atoms with Gasteiger partial charge < -0.3 is 4.90 Å². The van der Waals surface area contributed by atoms with Crippen molar-refractivity contribution in [3.05, 3.63) is 0 Å². The summed E-state index contributed by atoms with van der Waals surface area (Å²) in [5, 5.41) is 3.42. The van der Waals surface area contributed by atoms with Gasteiger partial charge in [0.15, 0.2) is 0 Å². The fraction of sp³-hybridized carbons (Fsp3) is 0.938. The Balaban J connectivity index is 2.29. The van der Waals surface area contributed by atoms with E-state index in [-0.39, 0.29) is 12.2 Å². The molecule has 2 atom stereocenters. The van der Waals surface area contributed by atoms with E-state index in [9.17, 15) is 4.79 Å². The molecule has 0 bridgehead atoms. The van der Waals surface area contributed by atoms with Crippen molar-refractivity contribution in [1.29, 1.82) is 0 Å². The SMILES string of the molecule is CCCCCCCCN1C(=O)C(C)NC1CC(C)C. The monoisotopic (exact) mass is 268 g/mol. The Labute approximate surface area is 119 Å². The van der Waals surface area contributed by atoms with Gasteiger partial charge in [0.05, 0.1) is 12.2 Å². The largest absolute Gasteiger partial charge is 0.326 e. The number of unbranched alkanes of at least 4 members (excludes halogenated alkanes) is 5. The predicted molar refractivity (Wildman–Crippen MR) is 80.9 cm³/mol. The van der Waals surface area contributed by atoms with Crippen LogP contribution in [0.4, 0.5) is 0 Å². The lowest BCUT2D eigenvalue weighted by Gasteiger charge is -2.25. The van der Waals surface area contributed by atoms with Crippen LogP contribution < -0.4 is 5.32 Å². The molecule has 1 aliphatic rings. The maximum absolute atomic E-state index is 12.1. The Morgan fingerprint density at radius 2 is 1.79 bits per heavy atom. The van der Waals surface area contributed by atoms with Crippen molar-refractivity contribution >= 4 is 5.91 Å². The number of nitrogens with one attached hydrogen (secondary N) is 1. The third-order valence-corrected chi connectivity index (χ3v) is 3.92. The highest BCUT2D eigenvalue weighted by Crippen LogP contribution is 2.18. The van der Waals surface area contributed by atoms with Gasteiger partial charge in [-0.05, 0) is 25.7 Å². The van der Waals surface area contributed by atoms with Crippen LogP contribution in [0.2, 0.25) is 0 Å². The van der Waals surface area contributed by atoms with Gasteiger partial charge in [-0.15, -0.1) is 0 Å². The lowest BCUT2D eigenvalue weighted by Crippen LogP contribution is -2.39. The Hall–Kier alpha value is -0.570. The van der Waals surface area contributed by atoms with Gasteiger partial charge in [-0.1, -0.05) is 52.9 Å². The number of carbonyl (C=O) groups excluding carboxylic acids is 1. The molecule has 0 aromatic carbocycles. The van der Waals surface area contributed by atoms with Gasteiger partial charge in [0.2, 0.25) is 5.91 Å². The van der Waals surface area contributed by atoms with E-state index in [2.05, 4.69) is 31.0 Å². The second-order valence-corrected chi connectivity index (χ2v) is 6.33. The van der Waals surface area contributed by atoms with E-state index in [4.69, 9.17) is 0 Å². The molecule has 0 radical (unpaired) electrons. The zero-order valence-corrected chi connectivity index (χ0v) is 13.2. The second kappa shape index (κ2) is 8.57. The van der Waals surface area contributed by atoms with Crippen LogP contribution in [0.3, 0.4) is 0 Å². The smallest absolute Gasteiger partial charge is 0.240 e. The maximum Gasteiger partial charge on any atom is 0.240 e. The molecule has 0 aliphatic carbocycles. The summed E-state index contributed by atoms with van der Waals surface area (Å²) in [5.41, 5.74) is 0. The highest BCUT2D eigenvalue weighted by Gasteiger charge is 2.35. The molecule has 1 saturated heterocycles. The topological polar surface area (TPSA) is 32.3 Å². The van der Waals surface area contributed by atoms with Crippen LogP contribution in [0.5, 0.6) is 0 Å². The van der Waals surface area contributed by atoms with Crippen molar-refractivity contribution in [3.63, 3.8) is 0 Å². The first-order valence-electron chi connectivity index (χ1n) is 8.12. The Kier molecular flexibility index (Phi) is 7.44. The van der Waals surface area contributed by atoms with Crippen LogP contribution in [0.25, 0.3) is 0 Å². The molecule has 1 rings (SSSR count). The maximum atomic E-state index is 12.1. The number of carbonyl (C=O) groups is 1. The van der Waals surface area contributed by atoms with E-state index in [1.165, 1.54) is 32.1 Å². The zero-order chi connectivity index (χ0) is 14.3. The summed E-state index contributed by atoms with van der Waals surface area (Å²) in [6, 6.07) is 0.00356. The molecule has 3 heteroatoms. The molecular weight excluding hydrogens is 236 g/mol. The van der Waals surface area contributed by atoms with Crippen LogP contribution in [-0.4, -0.2) is 29.6 Å². The van der Waals surface area contributed by atoms with Crippen LogP contribution in [0, 0.1) is 5.92 Å². The summed E-state index contributed by atoms with van der Waals surface area (Å²) in [5.74, 6) is 0.918. The fourth-order valence-electron chi connectivity index (χ4n) is 2.82. The molecule has 112 valence electrons. The van der Waals surface area contributed by atoms with Crippen LogP contribution >= 0.6 is 0 Å². The van der Waals surface area contributed by atoms with Gasteiger partial charge in [0.1, 0.15) is 0 Å². The van der Waals surface area contributed by atoms with E-state index in [1.54, 1.807) is 0 Å². The number of amides is 1. The highest BCUT2D eigenvalue weighted by molar-refractivity contribution is 5.83. The van der Waals surface area contributed by atoms with Gasteiger partial charge in [-0.2, -0.15) is 0 Å². The molecule has 3 nitrogen and oxygen atoms in total. The lowest BCUT2D eigenvalue weighted by molar-refractivity contribution is -0.130. The first-order valence-corrected chi connectivity index (χ1v) is 8.12. The third kappa shape index (κ3) is 5.52. The standard InChI is InChI=1S/C16H32N2O/c1-5-6-7-8-9-10-11-18-15(12-13(2)3)17-14(4)16(18)19/h13-15,17H,5-12H2,1-4H3. The highest BCUT2D eigenvalue weighted by atomic mass is 16.2. The number of rotatable bonds is 9. The summed E-state index contributed by atoms with van der Waals surface area (Å²) in [7, 11) is 0. The molecule has 0 aromatic rings. The van der Waals surface area contributed by atoms with E-state index < -0.39 is 0 Å². The minimum atomic E-state index is 0.00356. The van der Waals surface area contributed by atoms with Crippen LogP contribution in [-0.2, 0) is 4.79 Å². The van der Waals surface area contributed by atoms with Crippen molar-refractivity contribution in [1.82, 2.24) is 10.2 Å². The lowest BCUT2D eigenvalue weighted by atomic mass is 10.1. The van der Waals surface area contributed by atoms with Gasteiger partial charge >= 0.3 is 0 Å². The molecular formula is C16H32N2O. The molecule has 1 fully saturated rings. The van der Waals surface area contributed by atoms with E-state index in [0.29, 0.717) is 11.8 Å². The first-order chi connectivity index (χ1) is 9.06. The predicted octanol–water partition coefficient (Wildman–Crippen LogP) is 3.54. The molecule has 1 amide bonds. The van der Waals surface area contributed by atoms with Gasteiger partial charge in [0.25, 0.3) is 0 Å². The molecule has 1 heterocycles. The summed E-state index contributed by atoms with van der Waals surface area (Å²) < 4.78 is 0. The molecule has 2 unspecified atom stereocenters. The molecule has 1 N–H and O–H groups in total. The Morgan fingerprint density at radius 3 is 2.42 bits per heavy atom. The summed E-state index contributed by atoms with van der Waals surface area (Å²) in [6.45, 7) is 9.60. The minimum Gasteiger partial charge on any atom is -0.326 e. The average molecular weight is 268 g/mol. The van der Waals surface area contributed by atoms with E-state index in [1.807, 2.05) is 6.92 Å². The number of hydrogen-bond acceptors (Lipinski definition) is 2. The molecule has 0 spiro atoms. The molecule has 19 heavy (non-hydrogen) atoms. The Bertz CT molecular complexity index is 265. The van der Waals surface area contributed by atoms with Crippen molar-refractivity contribution < 1.29 is 4.79 Å². The third-order valence-electron chi connectivity index (χ3n) is 3.92. The normalized spacial score (nSPS) is 23.6. The van der Waals surface area contributed by atoms with Crippen molar-refractivity contribution in [2.75, 3.05) is 6.54 Å². The summed E-state index contributed by atoms with van der Waals surface area (Å²) in [6.07, 6.45) is 9.02. The van der Waals surface area contributed by atoms with Crippen LogP contribution in [0.15, 0.2) is 0 Å². The summed E-state index contributed by atoms with van der Waals surface area (Å²) >= 11 is 0. The molecule has 1 aliphatic heterocycles. The van der Waals surface area contributed by atoms with E-state index in [0.717, 1.165) is 19.4 Å². The van der Waals surface area contributed by atoms with E-state index >= 15 is 0 Å². The zero-order valence-electron chi connectivity index (χ0n) is 13.2. The van der Waals surface area contributed by atoms with Crippen molar-refractivity contribution in [3.8, 4) is 0 Å². The molecule has 0 saturated carbocycles. The van der Waals surface area contributed by atoms with Gasteiger partial charge in [-0.3, -0.25) is 10.1 Å². The number of nitrogens with zero attached hydrogens (tertiary/aromatic N) is 1. The van der Waals surface area contributed by atoms with Crippen molar-refractivity contribution in [2.24, 2.45) is 5.92 Å². The second-order valence-electron chi connectivity index (χ2n) is 6.33. The quantitative estimate of drug-likeness (QED) is 0.649. The number of hydrogen-bond donors (Lipinski definition) is 1. The van der Waals surface area contributed by atoms with Crippen LogP contribution in [0.1, 0.15) is 72.6 Å². The van der Waals surface area contributed by atoms with Gasteiger partial charge in [0, 0.05) is 6.54 Å². The molecule has 0 aromatic heterocycles. The summed E-state index contributed by atoms with van der Waals surface area (Å²) in [4.78, 5) is 14.2. The minimum absolute atomic E-state index is 0.00356. The Morgan fingerprint density at radius 1 is 1.16 bits per heavy atom. The van der Waals surface area contributed by atoms with Crippen molar-refractivity contribution in [2.45, 2.75) is 84.8 Å².